The molecule has 158 valence electrons. The van der Waals surface area contributed by atoms with E-state index < -0.39 is 0 Å². The highest BCUT2D eigenvalue weighted by molar-refractivity contribution is 5.79. The zero-order chi connectivity index (χ0) is 20.6. The second kappa shape index (κ2) is 10.8. The van der Waals surface area contributed by atoms with Crippen LogP contribution in [0.1, 0.15) is 51.7 Å². The number of hydrogen-bond donors (Lipinski definition) is 2. The summed E-state index contributed by atoms with van der Waals surface area (Å²) in [5, 5.41) is 6.98. The first-order chi connectivity index (χ1) is 13.3. The van der Waals surface area contributed by atoms with Crippen molar-refractivity contribution in [3.05, 3.63) is 35.4 Å². The first-order valence-electron chi connectivity index (χ1n) is 10.7. The Kier molecular flexibility index (Phi) is 8.77. The Hall–Kier alpha value is -1.59. The number of aliphatic imine (C=N–C) groups is 1. The molecule has 1 fully saturated rings. The molecule has 0 aromatic heterocycles. The van der Waals surface area contributed by atoms with Gasteiger partial charge < -0.3 is 20.3 Å². The predicted octanol–water partition coefficient (Wildman–Crippen LogP) is 3.64. The molecule has 2 unspecified atom stereocenters. The largest absolute Gasteiger partial charge is 0.377 e. The summed E-state index contributed by atoms with van der Waals surface area (Å²) < 4.78 is 6.10. The smallest absolute Gasteiger partial charge is 0.191 e. The summed E-state index contributed by atoms with van der Waals surface area (Å²) in [4.78, 5) is 6.71. The van der Waals surface area contributed by atoms with Gasteiger partial charge in [0, 0.05) is 39.2 Å². The molecule has 2 rings (SSSR count). The molecule has 1 heterocycles. The topological polar surface area (TPSA) is 48.9 Å². The molecule has 0 aliphatic carbocycles. The van der Waals surface area contributed by atoms with E-state index >= 15 is 0 Å². The van der Waals surface area contributed by atoms with Crippen LogP contribution >= 0.6 is 0 Å². The lowest BCUT2D eigenvalue weighted by molar-refractivity contribution is -0.0835. The van der Waals surface area contributed by atoms with Crippen molar-refractivity contribution >= 4 is 5.96 Å². The Morgan fingerprint density at radius 3 is 2.68 bits per heavy atom. The minimum absolute atomic E-state index is 0.163. The van der Waals surface area contributed by atoms with E-state index in [0.29, 0.717) is 12.0 Å². The lowest BCUT2D eigenvalue weighted by atomic mass is 9.78. The molecule has 1 saturated heterocycles. The summed E-state index contributed by atoms with van der Waals surface area (Å²) in [6, 6.07) is 8.77. The van der Waals surface area contributed by atoms with Crippen LogP contribution in [0.3, 0.4) is 0 Å². The lowest BCUT2D eigenvalue weighted by Gasteiger charge is -2.40. The van der Waals surface area contributed by atoms with Crippen molar-refractivity contribution in [3.63, 3.8) is 0 Å². The van der Waals surface area contributed by atoms with E-state index in [1.165, 1.54) is 17.5 Å². The van der Waals surface area contributed by atoms with Crippen LogP contribution in [0, 0.1) is 11.3 Å². The van der Waals surface area contributed by atoms with Crippen LogP contribution in [-0.4, -0.2) is 50.8 Å². The normalized spacial score (nSPS) is 21.0. The quantitative estimate of drug-likeness (QED) is 0.553. The van der Waals surface area contributed by atoms with Crippen LogP contribution in [-0.2, 0) is 17.8 Å². The second-order valence-electron chi connectivity index (χ2n) is 9.02. The van der Waals surface area contributed by atoms with Gasteiger partial charge in [0.2, 0.25) is 0 Å². The molecule has 1 aromatic rings. The van der Waals surface area contributed by atoms with E-state index in [2.05, 4.69) is 79.5 Å². The minimum Gasteiger partial charge on any atom is -0.377 e. The minimum atomic E-state index is 0.163. The molecular formula is C23H40N4O. The van der Waals surface area contributed by atoms with Crippen molar-refractivity contribution in [1.29, 1.82) is 0 Å². The van der Waals surface area contributed by atoms with E-state index in [4.69, 9.17) is 4.74 Å². The van der Waals surface area contributed by atoms with E-state index in [1.54, 1.807) is 0 Å². The number of benzene rings is 1. The van der Waals surface area contributed by atoms with Crippen LogP contribution in [0.15, 0.2) is 29.3 Å². The molecule has 0 bridgehead atoms. The summed E-state index contributed by atoms with van der Waals surface area (Å²) >= 11 is 0. The van der Waals surface area contributed by atoms with Crippen molar-refractivity contribution in [3.8, 4) is 0 Å². The molecule has 1 aromatic carbocycles. The van der Waals surface area contributed by atoms with Crippen LogP contribution in [0.4, 0.5) is 0 Å². The SMILES string of the molecule is CCN(C)Cc1cccc(CNC(=NC)NCC2CCCOC2C(C)(C)C)c1. The molecule has 28 heavy (non-hydrogen) atoms. The highest BCUT2D eigenvalue weighted by Crippen LogP contribution is 2.33. The first-order valence-corrected chi connectivity index (χ1v) is 10.7. The number of rotatable bonds is 7. The third kappa shape index (κ3) is 7.10. The summed E-state index contributed by atoms with van der Waals surface area (Å²) in [5.74, 6) is 1.37. The van der Waals surface area contributed by atoms with E-state index in [9.17, 15) is 0 Å². The fourth-order valence-corrected chi connectivity index (χ4v) is 3.91. The average molecular weight is 389 g/mol. The molecule has 5 heteroatoms. The van der Waals surface area contributed by atoms with Gasteiger partial charge in [0.1, 0.15) is 0 Å². The van der Waals surface area contributed by atoms with Gasteiger partial charge in [0.15, 0.2) is 5.96 Å². The van der Waals surface area contributed by atoms with Crippen LogP contribution in [0.25, 0.3) is 0 Å². The number of hydrogen-bond acceptors (Lipinski definition) is 3. The highest BCUT2D eigenvalue weighted by Gasteiger charge is 2.35. The fraction of sp³-hybridized carbons (Fsp3) is 0.696. The first kappa shape index (κ1) is 22.7. The lowest BCUT2D eigenvalue weighted by Crippen LogP contribution is -2.47. The van der Waals surface area contributed by atoms with Crippen LogP contribution < -0.4 is 10.6 Å². The summed E-state index contributed by atoms with van der Waals surface area (Å²) in [6.45, 7) is 13.6. The van der Waals surface area contributed by atoms with Crippen molar-refractivity contribution in [2.24, 2.45) is 16.3 Å². The summed E-state index contributed by atoms with van der Waals surface area (Å²) in [7, 11) is 3.98. The Bertz CT molecular complexity index is 623. The van der Waals surface area contributed by atoms with Crippen molar-refractivity contribution in [1.82, 2.24) is 15.5 Å². The van der Waals surface area contributed by atoms with Crippen molar-refractivity contribution in [2.75, 3.05) is 33.8 Å². The third-order valence-electron chi connectivity index (χ3n) is 5.50. The maximum absolute atomic E-state index is 6.10. The number of nitrogens with one attached hydrogen (secondary N) is 2. The second-order valence-corrected chi connectivity index (χ2v) is 9.02. The zero-order valence-electron chi connectivity index (χ0n) is 18.7. The molecule has 1 aliphatic heterocycles. The van der Waals surface area contributed by atoms with Gasteiger partial charge in [-0.25, -0.2) is 0 Å². The van der Waals surface area contributed by atoms with E-state index in [0.717, 1.165) is 45.2 Å². The molecule has 5 nitrogen and oxygen atoms in total. The molecule has 2 N–H and O–H groups in total. The van der Waals surface area contributed by atoms with Gasteiger partial charge >= 0.3 is 0 Å². The highest BCUT2D eigenvalue weighted by atomic mass is 16.5. The van der Waals surface area contributed by atoms with Gasteiger partial charge in [-0.2, -0.15) is 0 Å². The fourth-order valence-electron chi connectivity index (χ4n) is 3.91. The van der Waals surface area contributed by atoms with Gasteiger partial charge in [-0.1, -0.05) is 52.0 Å². The Morgan fingerprint density at radius 2 is 2.00 bits per heavy atom. The van der Waals surface area contributed by atoms with Crippen molar-refractivity contribution in [2.45, 2.75) is 59.7 Å². The molecule has 0 radical (unpaired) electrons. The molecule has 2 atom stereocenters. The Balaban J connectivity index is 1.87. The Morgan fingerprint density at radius 1 is 1.25 bits per heavy atom. The zero-order valence-corrected chi connectivity index (χ0v) is 18.7. The summed E-state index contributed by atoms with van der Waals surface area (Å²) in [5.41, 5.74) is 2.79. The third-order valence-corrected chi connectivity index (χ3v) is 5.50. The van der Waals surface area contributed by atoms with Gasteiger partial charge in [-0.3, -0.25) is 4.99 Å². The van der Waals surface area contributed by atoms with Crippen LogP contribution in [0.2, 0.25) is 0 Å². The monoisotopic (exact) mass is 388 g/mol. The summed E-state index contributed by atoms with van der Waals surface area (Å²) in [6.07, 6.45) is 2.64. The van der Waals surface area contributed by atoms with Gasteiger partial charge in [-0.05, 0) is 43.0 Å². The van der Waals surface area contributed by atoms with Crippen LogP contribution in [0.5, 0.6) is 0 Å². The molecule has 0 spiro atoms. The maximum atomic E-state index is 6.10. The predicted molar refractivity (Wildman–Crippen MR) is 119 cm³/mol. The Labute approximate surface area is 171 Å². The van der Waals surface area contributed by atoms with Gasteiger partial charge in [0.25, 0.3) is 0 Å². The van der Waals surface area contributed by atoms with Gasteiger partial charge in [0.05, 0.1) is 6.10 Å². The molecule has 0 amide bonds. The van der Waals surface area contributed by atoms with Gasteiger partial charge in [-0.15, -0.1) is 0 Å². The number of nitrogens with zero attached hydrogens (tertiary/aromatic N) is 2. The number of guanidine groups is 1. The standard InChI is InChI=1S/C23H40N4O/c1-7-27(6)17-19-11-8-10-18(14-19)15-25-22(24-5)26-16-20-12-9-13-28-21(20)23(2,3)4/h8,10-11,14,20-21H,7,9,12-13,15-17H2,1-6H3,(H2,24,25,26). The molecular weight excluding hydrogens is 348 g/mol. The number of ether oxygens (including phenoxy) is 1. The van der Waals surface area contributed by atoms with Crippen molar-refractivity contribution < 1.29 is 4.74 Å². The molecule has 0 saturated carbocycles. The molecule has 1 aliphatic rings. The van der Waals surface area contributed by atoms with E-state index in [1.807, 2.05) is 7.05 Å². The maximum Gasteiger partial charge on any atom is 0.191 e. The van der Waals surface area contributed by atoms with E-state index in [-0.39, 0.29) is 5.41 Å². The average Bonchev–Trinajstić information content (AvgIpc) is 2.68.